The van der Waals surface area contributed by atoms with E-state index in [1.54, 1.807) is 20.8 Å². The summed E-state index contributed by atoms with van der Waals surface area (Å²) in [5.74, 6) is -2.74. The van der Waals surface area contributed by atoms with Crippen molar-refractivity contribution in [3.05, 3.63) is 0 Å². The van der Waals surface area contributed by atoms with Gasteiger partial charge in [0, 0.05) is 5.41 Å². The van der Waals surface area contributed by atoms with Gasteiger partial charge < -0.3 is 5.11 Å². The third-order valence-electron chi connectivity index (χ3n) is 1.25. The van der Waals surface area contributed by atoms with Crippen LogP contribution in [0.1, 0.15) is 27.2 Å². The molecule has 4 nitrogen and oxygen atoms in total. The van der Waals surface area contributed by atoms with E-state index in [0.717, 1.165) is 0 Å². The van der Waals surface area contributed by atoms with E-state index in [9.17, 15) is 14.4 Å². The second kappa shape index (κ2) is 3.47. The van der Waals surface area contributed by atoms with Gasteiger partial charge in [-0.15, -0.1) is 0 Å². The first-order chi connectivity index (χ1) is 5.25. The van der Waals surface area contributed by atoms with Gasteiger partial charge in [0.05, 0.1) is 0 Å². The van der Waals surface area contributed by atoms with E-state index in [1.807, 2.05) is 0 Å². The maximum atomic E-state index is 11.1. The van der Waals surface area contributed by atoms with Crippen molar-refractivity contribution >= 4 is 17.5 Å². The molecule has 0 rings (SSSR count). The van der Waals surface area contributed by atoms with Gasteiger partial charge in [-0.1, -0.05) is 20.8 Å². The van der Waals surface area contributed by atoms with Gasteiger partial charge in [-0.05, 0) is 0 Å². The first-order valence-corrected chi connectivity index (χ1v) is 3.54. The number of ketones is 2. The van der Waals surface area contributed by atoms with Gasteiger partial charge in [0.2, 0.25) is 11.6 Å². The van der Waals surface area contributed by atoms with E-state index < -0.39 is 29.4 Å². The van der Waals surface area contributed by atoms with Gasteiger partial charge >= 0.3 is 5.97 Å². The summed E-state index contributed by atoms with van der Waals surface area (Å²) in [6.07, 6.45) is -0.712. The molecule has 0 bridgehead atoms. The van der Waals surface area contributed by atoms with Crippen LogP contribution >= 0.6 is 0 Å². The lowest BCUT2D eigenvalue weighted by atomic mass is 9.87. The molecule has 0 aromatic rings. The van der Waals surface area contributed by atoms with E-state index in [1.165, 1.54) is 0 Å². The smallest absolute Gasteiger partial charge is 0.311 e. The summed E-state index contributed by atoms with van der Waals surface area (Å²) < 4.78 is 0. The number of carboxylic acid groups (broad SMARTS) is 1. The fraction of sp³-hybridized carbons (Fsp3) is 0.625. The first kappa shape index (κ1) is 10.8. The number of aliphatic carboxylic acids is 1. The van der Waals surface area contributed by atoms with Crippen molar-refractivity contribution in [3.8, 4) is 0 Å². The predicted molar refractivity (Wildman–Crippen MR) is 41.7 cm³/mol. The molecular formula is C8H12O4. The molecule has 0 atom stereocenters. The third kappa shape index (κ3) is 3.27. The van der Waals surface area contributed by atoms with Crippen LogP contribution in [-0.4, -0.2) is 22.6 Å². The van der Waals surface area contributed by atoms with Crippen LogP contribution in [0.25, 0.3) is 0 Å². The quantitative estimate of drug-likeness (QED) is 0.501. The summed E-state index contributed by atoms with van der Waals surface area (Å²) >= 11 is 0. The zero-order valence-corrected chi connectivity index (χ0v) is 7.38. The molecule has 0 aromatic heterocycles. The number of carbonyl (C=O) groups excluding carboxylic acids is 2. The molecule has 0 saturated heterocycles. The van der Waals surface area contributed by atoms with Gasteiger partial charge in [0.15, 0.2) is 0 Å². The summed E-state index contributed by atoms with van der Waals surface area (Å²) in [5.41, 5.74) is -0.785. The van der Waals surface area contributed by atoms with Crippen molar-refractivity contribution in [3.63, 3.8) is 0 Å². The highest BCUT2D eigenvalue weighted by atomic mass is 16.4. The topological polar surface area (TPSA) is 71.4 Å². The third-order valence-corrected chi connectivity index (χ3v) is 1.25. The summed E-state index contributed by atoms with van der Waals surface area (Å²) in [6.45, 7) is 4.74. The lowest BCUT2D eigenvalue weighted by Crippen LogP contribution is -2.29. The van der Waals surface area contributed by atoms with Crippen LogP contribution in [0.2, 0.25) is 0 Å². The number of hydrogen-bond acceptors (Lipinski definition) is 3. The van der Waals surface area contributed by atoms with Crippen LogP contribution in [0.3, 0.4) is 0 Å². The molecule has 4 heteroatoms. The Hall–Kier alpha value is -1.19. The average Bonchev–Trinajstić information content (AvgIpc) is 1.82. The van der Waals surface area contributed by atoms with Crippen molar-refractivity contribution in [1.82, 2.24) is 0 Å². The van der Waals surface area contributed by atoms with Crippen molar-refractivity contribution in [2.45, 2.75) is 27.2 Å². The lowest BCUT2D eigenvalue weighted by molar-refractivity contribution is -0.147. The maximum Gasteiger partial charge on any atom is 0.311 e. The van der Waals surface area contributed by atoms with Gasteiger partial charge in [-0.3, -0.25) is 14.4 Å². The van der Waals surface area contributed by atoms with Crippen LogP contribution in [0, 0.1) is 5.41 Å². The highest BCUT2D eigenvalue weighted by molar-refractivity contribution is 6.41. The molecule has 0 unspecified atom stereocenters. The summed E-state index contributed by atoms with van der Waals surface area (Å²) in [5, 5.41) is 8.23. The molecule has 0 aliphatic rings. The van der Waals surface area contributed by atoms with E-state index in [0.29, 0.717) is 0 Å². The average molecular weight is 172 g/mol. The number of carbonyl (C=O) groups is 3. The van der Waals surface area contributed by atoms with Gasteiger partial charge in [0.25, 0.3) is 0 Å². The minimum atomic E-state index is -1.27. The number of rotatable bonds is 3. The molecule has 0 heterocycles. The lowest BCUT2D eigenvalue weighted by Gasteiger charge is -2.13. The minimum absolute atomic E-state index is 0.634. The van der Waals surface area contributed by atoms with Crippen LogP contribution in [0.4, 0.5) is 0 Å². The monoisotopic (exact) mass is 172 g/mol. The Morgan fingerprint density at radius 2 is 1.58 bits per heavy atom. The predicted octanol–water partition coefficient (Wildman–Crippen LogP) is 0.645. The number of Topliss-reactive ketones (excluding diaryl/α,β-unsaturated/α-hetero) is 2. The molecule has 0 amide bonds. The van der Waals surface area contributed by atoms with Crippen LogP contribution in [0.15, 0.2) is 0 Å². The van der Waals surface area contributed by atoms with Crippen LogP contribution in [0.5, 0.6) is 0 Å². The second-order valence-electron chi connectivity index (χ2n) is 3.57. The SMILES string of the molecule is CC(C)(C)C(=O)C(=O)CC(=O)O. The Bertz CT molecular complexity index is 222. The Labute approximate surface area is 70.6 Å². The van der Waals surface area contributed by atoms with E-state index >= 15 is 0 Å². The molecular weight excluding hydrogens is 160 g/mol. The minimum Gasteiger partial charge on any atom is -0.481 e. The Balaban J connectivity index is 4.32. The van der Waals surface area contributed by atoms with E-state index in [-0.39, 0.29) is 0 Å². The largest absolute Gasteiger partial charge is 0.481 e. The molecule has 0 saturated carbocycles. The molecule has 1 N–H and O–H groups in total. The molecule has 0 radical (unpaired) electrons. The second-order valence-corrected chi connectivity index (χ2v) is 3.57. The first-order valence-electron chi connectivity index (χ1n) is 3.54. The molecule has 0 spiro atoms. The van der Waals surface area contributed by atoms with Crippen molar-refractivity contribution in [2.75, 3.05) is 0 Å². The van der Waals surface area contributed by atoms with E-state index in [4.69, 9.17) is 5.11 Å². The highest BCUT2D eigenvalue weighted by Gasteiger charge is 2.28. The zero-order chi connectivity index (χ0) is 9.94. The van der Waals surface area contributed by atoms with Crippen LogP contribution in [-0.2, 0) is 14.4 Å². The van der Waals surface area contributed by atoms with Crippen molar-refractivity contribution < 1.29 is 19.5 Å². The Morgan fingerprint density at radius 3 is 1.83 bits per heavy atom. The highest BCUT2D eigenvalue weighted by Crippen LogP contribution is 2.15. The molecule has 0 aliphatic heterocycles. The summed E-state index contributed by atoms with van der Waals surface area (Å²) in [7, 11) is 0. The molecule has 68 valence electrons. The van der Waals surface area contributed by atoms with E-state index in [2.05, 4.69) is 0 Å². The van der Waals surface area contributed by atoms with Crippen LogP contribution < -0.4 is 0 Å². The van der Waals surface area contributed by atoms with Gasteiger partial charge in [-0.25, -0.2) is 0 Å². The normalized spacial score (nSPS) is 10.9. The zero-order valence-electron chi connectivity index (χ0n) is 7.38. The standard InChI is InChI=1S/C8H12O4/c1-8(2,3)7(12)5(9)4-6(10)11/h4H2,1-3H3,(H,10,11). The summed E-state index contributed by atoms with van der Waals surface area (Å²) in [4.78, 5) is 32.0. The molecule has 0 fully saturated rings. The molecule has 0 aromatic carbocycles. The Morgan fingerprint density at radius 1 is 1.17 bits per heavy atom. The fourth-order valence-electron chi connectivity index (χ4n) is 0.636. The Kier molecular flexibility index (Phi) is 3.13. The van der Waals surface area contributed by atoms with Crippen molar-refractivity contribution in [1.29, 1.82) is 0 Å². The molecule has 0 aliphatic carbocycles. The summed E-state index contributed by atoms with van der Waals surface area (Å²) in [6, 6.07) is 0. The van der Waals surface area contributed by atoms with Crippen molar-refractivity contribution in [2.24, 2.45) is 5.41 Å². The fourth-order valence-corrected chi connectivity index (χ4v) is 0.636. The van der Waals surface area contributed by atoms with Gasteiger partial charge in [-0.2, -0.15) is 0 Å². The number of hydrogen-bond donors (Lipinski definition) is 1. The number of carboxylic acids is 1. The maximum absolute atomic E-state index is 11.1. The molecule has 12 heavy (non-hydrogen) atoms. The van der Waals surface area contributed by atoms with Gasteiger partial charge in [0.1, 0.15) is 6.42 Å².